The monoisotopic (exact) mass is 362 g/mol. The highest BCUT2D eigenvalue weighted by Crippen LogP contribution is 2.08. The Hall–Kier alpha value is -1.14. The van der Waals surface area contributed by atoms with Crippen molar-refractivity contribution in [2.75, 3.05) is 13.2 Å². The number of aliphatic carboxylic acids is 1. The lowest BCUT2D eigenvalue weighted by Crippen LogP contribution is -2.21. The first-order valence-electron chi connectivity index (χ1n) is 9.35. The molecule has 0 rings (SSSR count). The quantitative estimate of drug-likeness (QED) is 0.343. The van der Waals surface area contributed by atoms with Gasteiger partial charge in [-0.05, 0) is 24.7 Å². The van der Waals surface area contributed by atoms with Crippen LogP contribution in [0.1, 0.15) is 79.1 Å². The van der Waals surface area contributed by atoms with Crippen molar-refractivity contribution in [2.24, 2.45) is 11.8 Å². The maximum Gasteiger partial charge on any atom is 0.305 e. The lowest BCUT2D eigenvalue weighted by atomic mass is 10.1. The van der Waals surface area contributed by atoms with Gasteiger partial charge in [-0.25, -0.2) is 0 Å². The van der Waals surface area contributed by atoms with Gasteiger partial charge in [-0.15, -0.1) is 0 Å². The molecule has 0 aliphatic heterocycles. The summed E-state index contributed by atoms with van der Waals surface area (Å²) in [5.74, 6) is 0.390. The van der Waals surface area contributed by atoms with Crippen LogP contribution < -0.4 is 0 Å². The normalized spacial score (nSPS) is 11.8. The second-order valence-corrected chi connectivity index (χ2v) is 7.19. The van der Waals surface area contributed by atoms with Crippen molar-refractivity contribution in [1.29, 1.82) is 0 Å². The first kappa shape index (κ1) is 26.1. The number of rotatable bonds is 13. The number of aliphatic hydroxyl groups is 2. The van der Waals surface area contributed by atoms with Crippen LogP contribution in [0.3, 0.4) is 0 Å². The number of unbranched alkanes of at least 4 members (excludes halogenated alkanes) is 2. The summed E-state index contributed by atoms with van der Waals surface area (Å²) in [5, 5.41) is 25.7. The molecule has 0 saturated heterocycles. The summed E-state index contributed by atoms with van der Waals surface area (Å²) in [4.78, 5) is 21.1. The molecule has 0 aromatic heterocycles. The summed E-state index contributed by atoms with van der Waals surface area (Å²) in [7, 11) is 0. The summed E-state index contributed by atoms with van der Waals surface area (Å²) in [5.41, 5.74) is 0. The number of carboxylic acids is 1. The topological polar surface area (TPSA) is 104 Å². The van der Waals surface area contributed by atoms with E-state index in [9.17, 15) is 9.59 Å². The van der Waals surface area contributed by atoms with E-state index in [0.717, 1.165) is 38.5 Å². The Morgan fingerprint density at radius 2 is 1.36 bits per heavy atom. The largest absolute Gasteiger partial charge is 0.481 e. The number of aliphatic hydroxyl groups excluding tert-OH is 2. The number of hydrogen-bond donors (Lipinski definition) is 3. The summed E-state index contributed by atoms with van der Waals surface area (Å²) < 4.78 is 4.75. The van der Waals surface area contributed by atoms with E-state index in [1.807, 2.05) is 0 Å². The van der Waals surface area contributed by atoms with Crippen molar-refractivity contribution < 1.29 is 29.6 Å². The van der Waals surface area contributed by atoms with Crippen LogP contribution in [0, 0.1) is 11.8 Å². The van der Waals surface area contributed by atoms with Crippen LogP contribution >= 0.6 is 0 Å². The van der Waals surface area contributed by atoms with Crippen LogP contribution in [0.15, 0.2) is 0 Å². The van der Waals surface area contributed by atoms with Gasteiger partial charge in [0.1, 0.15) is 12.7 Å². The molecular weight excluding hydrogens is 324 g/mol. The molecule has 150 valence electrons. The van der Waals surface area contributed by atoms with Crippen LogP contribution in [-0.4, -0.2) is 46.6 Å². The lowest BCUT2D eigenvalue weighted by molar-refractivity contribution is -0.147. The number of carbonyl (C=O) groups excluding carboxylic acids is 1. The highest BCUT2D eigenvalue weighted by Gasteiger charge is 2.07. The smallest absolute Gasteiger partial charge is 0.305 e. The Labute approximate surface area is 152 Å². The Morgan fingerprint density at radius 3 is 1.76 bits per heavy atom. The molecule has 0 aromatic rings. The molecule has 0 aliphatic carbocycles. The third kappa shape index (κ3) is 25.2. The average molecular weight is 363 g/mol. The number of esters is 1. The van der Waals surface area contributed by atoms with Gasteiger partial charge in [0.05, 0.1) is 6.61 Å². The molecule has 0 aromatic carbocycles. The van der Waals surface area contributed by atoms with Crippen LogP contribution in [-0.2, 0) is 14.3 Å². The Balaban J connectivity index is 0. The maximum atomic E-state index is 11.1. The summed E-state index contributed by atoms with van der Waals surface area (Å²) in [6, 6.07) is 0. The zero-order valence-corrected chi connectivity index (χ0v) is 16.4. The third-order valence-electron chi connectivity index (χ3n) is 3.48. The predicted molar refractivity (Wildman–Crippen MR) is 98.3 cm³/mol. The molecule has 0 aliphatic rings. The van der Waals surface area contributed by atoms with E-state index in [2.05, 4.69) is 27.7 Å². The Kier molecular flexibility index (Phi) is 18.4. The molecule has 1 atom stereocenters. The Morgan fingerprint density at radius 1 is 0.880 bits per heavy atom. The van der Waals surface area contributed by atoms with E-state index in [1.54, 1.807) is 0 Å². The van der Waals surface area contributed by atoms with E-state index in [4.69, 9.17) is 20.1 Å². The van der Waals surface area contributed by atoms with E-state index >= 15 is 0 Å². The first-order chi connectivity index (χ1) is 11.7. The first-order valence-corrected chi connectivity index (χ1v) is 9.35. The fourth-order valence-corrected chi connectivity index (χ4v) is 1.96. The molecule has 0 spiro atoms. The fourth-order valence-electron chi connectivity index (χ4n) is 1.96. The minimum absolute atomic E-state index is 0.112. The minimum Gasteiger partial charge on any atom is -0.481 e. The van der Waals surface area contributed by atoms with Crippen molar-refractivity contribution in [1.82, 2.24) is 0 Å². The van der Waals surface area contributed by atoms with Crippen LogP contribution in [0.5, 0.6) is 0 Å². The fraction of sp³-hybridized carbons (Fsp3) is 0.895. The van der Waals surface area contributed by atoms with Gasteiger partial charge >= 0.3 is 11.9 Å². The van der Waals surface area contributed by atoms with Crippen molar-refractivity contribution >= 4 is 11.9 Å². The highest BCUT2D eigenvalue weighted by molar-refractivity contribution is 5.69. The van der Waals surface area contributed by atoms with Gasteiger partial charge in [0.25, 0.3) is 0 Å². The summed E-state index contributed by atoms with van der Waals surface area (Å²) in [6.07, 6.45) is 5.75. The molecule has 0 saturated carbocycles. The molecule has 0 fully saturated rings. The van der Waals surface area contributed by atoms with Gasteiger partial charge < -0.3 is 20.1 Å². The summed E-state index contributed by atoms with van der Waals surface area (Å²) >= 11 is 0. The molecule has 3 N–H and O–H groups in total. The molecule has 25 heavy (non-hydrogen) atoms. The molecular formula is C19H38O6. The lowest BCUT2D eigenvalue weighted by Gasteiger charge is -2.08. The zero-order chi connectivity index (χ0) is 19.7. The molecule has 0 heterocycles. The van der Waals surface area contributed by atoms with Crippen LogP contribution in [0.25, 0.3) is 0 Å². The summed E-state index contributed by atoms with van der Waals surface area (Å²) in [6.45, 7) is 8.12. The van der Waals surface area contributed by atoms with Crippen molar-refractivity contribution in [3.63, 3.8) is 0 Å². The van der Waals surface area contributed by atoms with Crippen molar-refractivity contribution in [3.8, 4) is 0 Å². The van der Waals surface area contributed by atoms with E-state index in [0.29, 0.717) is 24.7 Å². The zero-order valence-electron chi connectivity index (χ0n) is 16.4. The highest BCUT2D eigenvalue weighted by atomic mass is 16.5. The number of carboxylic acid groups (broad SMARTS) is 1. The standard InChI is InChI=1S/C11H22O4.C8H16O2/c1-9(2)5-3-4-6-11(14)15-8-10(13)7-12;1-7(2)5-3-4-6-8(9)10/h9-10,12-13H,3-8H2,1-2H3;7H,3-6H2,1-2H3,(H,9,10). The second-order valence-electron chi connectivity index (χ2n) is 7.19. The maximum absolute atomic E-state index is 11.1. The van der Waals surface area contributed by atoms with Gasteiger partial charge in [0.2, 0.25) is 0 Å². The van der Waals surface area contributed by atoms with Gasteiger partial charge in [0, 0.05) is 12.8 Å². The third-order valence-corrected chi connectivity index (χ3v) is 3.48. The van der Waals surface area contributed by atoms with Crippen LogP contribution in [0.2, 0.25) is 0 Å². The SMILES string of the molecule is CC(C)CCCCC(=O)O.CC(C)CCCCC(=O)OCC(O)CO. The molecule has 6 heteroatoms. The second kappa shape index (κ2) is 17.7. The van der Waals surface area contributed by atoms with Gasteiger partial charge in [0.15, 0.2) is 0 Å². The minimum atomic E-state index is -0.954. The number of carbonyl (C=O) groups is 2. The van der Waals surface area contributed by atoms with E-state index in [1.165, 1.54) is 0 Å². The van der Waals surface area contributed by atoms with E-state index < -0.39 is 12.1 Å². The predicted octanol–water partition coefficient (Wildman–Crippen LogP) is 3.39. The van der Waals surface area contributed by atoms with E-state index in [-0.39, 0.29) is 19.2 Å². The molecule has 0 amide bonds. The van der Waals surface area contributed by atoms with Crippen molar-refractivity contribution in [3.05, 3.63) is 0 Å². The molecule has 1 unspecified atom stereocenters. The molecule has 0 radical (unpaired) electrons. The average Bonchev–Trinajstić information content (AvgIpc) is 2.53. The van der Waals surface area contributed by atoms with Crippen molar-refractivity contribution in [2.45, 2.75) is 85.2 Å². The number of ether oxygens (including phenoxy) is 1. The number of hydrogen-bond acceptors (Lipinski definition) is 5. The van der Waals surface area contributed by atoms with Gasteiger partial charge in [-0.2, -0.15) is 0 Å². The van der Waals surface area contributed by atoms with Gasteiger partial charge in [-0.1, -0.05) is 53.4 Å². The van der Waals surface area contributed by atoms with Gasteiger partial charge in [-0.3, -0.25) is 9.59 Å². The molecule has 0 bridgehead atoms. The van der Waals surface area contributed by atoms with Crippen LogP contribution in [0.4, 0.5) is 0 Å². The molecule has 6 nitrogen and oxygen atoms in total. The Bertz CT molecular complexity index is 328.